The van der Waals surface area contributed by atoms with Gasteiger partial charge in [-0.3, -0.25) is 14.5 Å². The molecule has 39 heavy (non-hydrogen) atoms. The van der Waals surface area contributed by atoms with Crippen molar-refractivity contribution in [2.75, 3.05) is 24.5 Å². The molecule has 9 heteroatoms. The summed E-state index contributed by atoms with van der Waals surface area (Å²) in [4.78, 5) is 43.4. The van der Waals surface area contributed by atoms with Crippen molar-refractivity contribution in [3.8, 4) is 11.1 Å². The van der Waals surface area contributed by atoms with Crippen LogP contribution in [0.25, 0.3) is 11.1 Å². The topological polar surface area (TPSA) is 93.8 Å². The molecular formula is C30H33N5O3S. The van der Waals surface area contributed by atoms with E-state index in [1.165, 1.54) is 23.4 Å². The van der Waals surface area contributed by atoms with Gasteiger partial charge in [0, 0.05) is 36.4 Å². The Morgan fingerprint density at radius 3 is 2.72 bits per heavy atom. The molecule has 3 saturated heterocycles. The van der Waals surface area contributed by atoms with Gasteiger partial charge >= 0.3 is 6.03 Å². The minimum atomic E-state index is -0.207. The number of piperidine rings is 2. The predicted molar refractivity (Wildman–Crippen MR) is 154 cm³/mol. The van der Waals surface area contributed by atoms with Gasteiger partial charge in [-0.05, 0) is 62.1 Å². The molecule has 0 bridgehead atoms. The van der Waals surface area contributed by atoms with Gasteiger partial charge in [-0.1, -0.05) is 60.3 Å². The lowest BCUT2D eigenvalue weighted by Gasteiger charge is -2.45. The minimum Gasteiger partial charge on any atom is -0.347 e. The molecule has 4 aliphatic heterocycles. The van der Waals surface area contributed by atoms with E-state index in [2.05, 4.69) is 59.8 Å². The summed E-state index contributed by atoms with van der Waals surface area (Å²) in [5.74, 6) is -0.316. The van der Waals surface area contributed by atoms with Gasteiger partial charge in [0.05, 0.1) is 16.3 Å². The first-order chi connectivity index (χ1) is 18.9. The quantitative estimate of drug-likeness (QED) is 0.500. The number of likely N-dealkylation sites (tertiary alicyclic amines) is 1. The van der Waals surface area contributed by atoms with Gasteiger partial charge < -0.3 is 20.9 Å². The standard InChI is InChI=1S/C30H33N5O3S/c1-3-24(36)34-14-6-10-21(17-34)32-28(37)27-26-25-23(12-13-31-29(25)39-27)35(30(38)33-26)22-11-5-9-20(16-22)19-8-4-7-18(2)15-19/h3-5,7-9,11,15-16,21,23,25,29,31H,1,6,10,12-14,17H2,2H3,(H,32,37)(H,33,38)/t21-,23?,25?,29?/m1/s1. The van der Waals surface area contributed by atoms with E-state index in [0.717, 1.165) is 42.6 Å². The zero-order chi connectivity index (χ0) is 27.1. The molecule has 2 aromatic rings. The molecule has 6 rings (SSSR count). The van der Waals surface area contributed by atoms with Crippen molar-refractivity contribution in [2.24, 2.45) is 5.92 Å². The first-order valence-electron chi connectivity index (χ1n) is 13.6. The molecule has 8 nitrogen and oxygen atoms in total. The normalized spacial score (nSPS) is 26.1. The van der Waals surface area contributed by atoms with Crippen LogP contribution in [0.15, 0.2) is 71.8 Å². The van der Waals surface area contributed by atoms with Crippen LogP contribution in [0.2, 0.25) is 0 Å². The Bertz CT molecular complexity index is 1370. The number of hydrogen-bond acceptors (Lipinski definition) is 5. The number of nitrogens with zero attached hydrogens (tertiary/aromatic N) is 2. The van der Waals surface area contributed by atoms with Gasteiger partial charge in [0.2, 0.25) is 5.91 Å². The zero-order valence-corrected chi connectivity index (χ0v) is 22.8. The molecule has 3 N–H and O–H groups in total. The Balaban J connectivity index is 1.25. The highest BCUT2D eigenvalue weighted by Crippen LogP contribution is 2.48. The maximum Gasteiger partial charge on any atom is 0.326 e. The van der Waals surface area contributed by atoms with Crippen LogP contribution < -0.4 is 20.9 Å². The molecular weight excluding hydrogens is 510 g/mol. The van der Waals surface area contributed by atoms with E-state index in [0.29, 0.717) is 23.7 Å². The van der Waals surface area contributed by atoms with E-state index in [1.54, 1.807) is 4.90 Å². The Morgan fingerprint density at radius 2 is 1.92 bits per heavy atom. The van der Waals surface area contributed by atoms with E-state index >= 15 is 0 Å². The summed E-state index contributed by atoms with van der Waals surface area (Å²) in [7, 11) is 0. The first-order valence-corrected chi connectivity index (χ1v) is 14.4. The van der Waals surface area contributed by atoms with E-state index in [-0.39, 0.29) is 41.2 Å². The second-order valence-electron chi connectivity index (χ2n) is 10.6. The largest absolute Gasteiger partial charge is 0.347 e. The lowest BCUT2D eigenvalue weighted by molar-refractivity contribution is -0.128. The number of benzene rings is 2. The number of carbonyl (C=O) groups is 3. The molecule has 3 unspecified atom stereocenters. The average molecular weight is 544 g/mol. The molecule has 0 saturated carbocycles. The molecule has 4 heterocycles. The number of aryl methyl sites for hydroxylation is 1. The number of nitrogens with one attached hydrogen (secondary N) is 3. The number of urea groups is 1. The van der Waals surface area contributed by atoms with Gasteiger partial charge in [-0.25, -0.2) is 4.79 Å². The van der Waals surface area contributed by atoms with E-state index in [4.69, 9.17) is 0 Å². The lowest BCUT2D eigenvalue weighted by Crippen LogP contribution is -2.62. The number of rotatable bonds is 5. The van der Waals surface area contributed by atoms with Gasteiger partial charge in [0.1, 0.15) is 0 Å². The van der Waals surface area contributed by atoms with Crippen LogP contribution in [0.5, 0.6) is 0 Å². The summed E-state index contributed by atoms with van der Waals surface area (Å²) < 4.78 is 0. The van der Waals surface area contributed by atoms with Gasteiger partial charge in [-0.2, -0.15) is 0 Å². The van der Waals surface area contributed by atoms with Crippen LogP contribution >= 0.6 is 11.8 Å². The van der Waals surface area contributed by atoms with Crippen molar-refractivity contribution in [3.05, 3.63) is 77.4 Å². The molecule has 2 aromatic carbocycles. The van der Waals surface area contributed by atoms with Gasteiger partial charge in [0.15, 0.2) is 0 Å². The highest BCUT2D eigenvalue weighted by atomic mass is 32.2. The van der Waals surface area contributed by atoms with Crippen LogP contribution in [-0.4, -0.2) is 59.8 Å². The van der Waals surface area contributed by atoms with E-state index < -0.39 is 0 Å². The summed E-state index contributed by atoms with van der Waals surface area (Å²) in [6.45, 7) is 7.56. The monoisotopic (exact) mass is 543 g/mol. The van der Waals surface area contributed by atoms with Crippen molar-refractivity contribution in [3.63, 3.8) is 0 Å². The molecule has 4 amide bonds. The summed E-state index contributed by atoms with van der Waals surface area (Å²) >= 11 is 1.50. The fraction of sp³-hybridized carbons (Fsp3) is 0.367. The maximum absolute atomic E-state index is 13.6. The molecule has 0 spiro atoms. The molecule has 0 aliphatic carbocycles. The zero-order valence-electron chi connectivity index (χ0n) is 22.0. The van der Waals surface area contributed by atoms with Crippen LogP contribution in [0.1, 0.15) is 24.8 Å². The Labute approximate surface area is 232 Å². The van der Waals surface area contributed by atoms with E-state index in [1.807, 2.05) is 23.1 Å². The van der Waals surface area contributed by atoms with Gasteiger partial charge in [0.25, 0.3) is 5.91 Å². The van der Waals surface area contributed by atoms with Crippen molar-refractivity contribution in [1.82, 2.24) is 20.9 Å². The van der Waals surface area contributed by atoms with E-state index in [9.17, 15) is 14.4 Å². The van der Waals surface area contributed by atoms with Crippen molar-refractivity contribution in [1.29, 1.82) is 0 Å². The number of carbonyl (C=O) groups excluding carboxylic acids is 3. The average Bonchev–Trinajstić information content (AvgIpc) is 3.32. The highest BCUT2D eigenvalue weighted by Gasteiger charge is 2.51. The highest BCUT2D eigenvalue weighted by molar-refractivity contribution is 8.04. The molecule has 4 aliphatic rings. The Hall–Kier alpha value is -3.56. The fourth-order valence-corrected chi connectivity index (χ4v) is 7.66. The smallest absolute Gasteiger partial charge is 0.326 e. The van der Waals surface area contributed by atoms with Crippen LogP contribution in [0.3, 0.4) is 0 Å². The number of anilines is 1. The third-order valence-corrected chi connectivity index (χ3v) is 9.42. The SMILES string of the molecule is C=CC(=O)N1CCC[C@@H](NC(=O)C2=C3NC(=O)N(c4cccc(-c5cccc(C)c5)c4)C4CCNC(S2)C34)C1. The summed E-state index contributed by atoms with van der Waals surface area (Å²) in [6, 6.07) is 16.1. The lowest BCUT2D eigenvalue weighted by atomic mass is 9.86. The van der Waals surface area contributed by atoms with Gasteiger partial charge in [-0.15, -0.1) is 0 Å². The second-order valence-corrected chi connectivity index (χ2v) is 11.8. The Morgan fingerprint density at radius 1 is 1.13 bits per heavy atom. The predicted octanol–water partition coefficient (Wildman–Crippen LogP) is 3.75. The molecule has 0 radical (unpaired) electrons. The maximum atomic E-state index is 13.6. The Kier molecular flexibility index (Phi) is 6.95. The van der Waals surface area contributed by atoms with Crippen LogP contribution in [-0.2, 0) is 9.59 Å². The third-order valence-electron chi connectivity index (χ3n) is 8.07. The number of amides is 4. The molecule has 202 valence electrons. The molecule has 4 atom stereocenters. The minimum absolute atomic E-state index is 0.00718. The molecule has 3 fully saturated rings. The van der Waals surface area contributed by atoms with Crippen molar-refractivity contribution >= 4 is 35.3 Å². The second kappa shape index (κ2) is 10.5. The van der Waals surface area contributed by atoms with Crippen molar-refractivity contribution in [2.45, 2.75) is 43.6 Å². The number of thioether (sulfide) groups is 1. The first kappa shape index (κ1) is 25.7. The molecule has 0 aromatic heterocycles. The fourth-order valence-electron chi connectivity index (χ4n) is 6.26. The van der Waals surface area contributed by atoms with Crippen LogP contribution in [0, 0.1) is 12.8 Å². The summed E-state index contributed by atoms with van der Waals surface area (Å²) in [5.41, 5.74) is 4.93. The summed E-state index contributed by atoms with van der Waals surface area (Å²) in [5, 5.41) is 9.79. The van der Waals surface area contributed by atoms with Crippen LogP contribution in [0.4, 0.5) is 10.5 Å². The third kappa shape index (κ3) is 4.85. The number of hydrogen-bond donors (Lipinski definition) is 3. The summed E-state index contributed by atoms with van der Waals surface area (Å²) in [6.07, 6.45) is 3.75. The van der Waals surface area contributed by atoms with Crippen molar-refractivity contribution < 1.29 is 14.4 Å².